The van der Waals surface area contributed by atoms with Crippen molar-refractivity contribution < 1.29 is 14.3 Å². The van der Waals surface area contributed by atoms with Crippen molar-refractivity contribution in [1.82, 2.24) is 19.8 Å². The van der Waals surface area contributed by atoms with Gasteiger partial charge in [0.1, 0.15) is 23.0 Å². The van der Waals surface area contributed by atoms with Crippen molar-refractivity contribution in [1.29, 1.82) is 0 Å². The molecule has 7 nitrogen and oxygen atoms in total. The van der Waals surface area contributed by atoms with Crippen molar-refractivity contribution in [3.63, 3.8) is 0 Å². The van der Waals surface area contributed by atoms with Crippen LogP contribution in [0.15, 0.2) is 48.5 Å². The van der Waals surface area contributed by atoms with Gasteiger partial charge in [-0.15, -0.1) is 0 Å². The molecule has 33 heavy (non-hydrogen) atoms. The molecular weight excluding hydrogens is 416 g/mol. The summed E-state index contributed by atoms with van der Waals surface area (Å²) in [7, 11) is 5.07. The molecule has 3 aromatic rings. The number of carbonyl (C=O) groups is 2. The number of methoxy groups -OCH3 is 1. The Bertz CT molecular complexity index is 1150. The van der Waals surface area contributed by atoms with Gasteiger partial charge in [-0.25, -0.2) is 4.98 Å². The molecule has 0 spiro atoms. The molecule has 0 saturated carbocycles. The maximum Gasteiger partial charge on any atom is 0.272 e. The molecule has 1 aliphatic heterocycles. The van der Waals surface area contributed by atoms with E-state index in [2.05, 4.69) is 4.98 Å². The van der Waals surface area contributed by atoms with Gasteiger partial charge in [0.25, 0.3) is 11.8 Å². The van der Waals surface area contributed by atoms with E-state index in [1.807, 2.05) is 60.4 Å². The van der Waals surface area contributed by atoms with Crippen LogP contribution in [0.3, 0.4) is 0 Å². The summed E-state index contributed by atoms with van der Waals surface area (Å²) in [5.41, 5.74) is 3.63. The first-order chi connectivity index (χ1) is 15.9. The van der Waals surface area contributed by atoms with Gasteiger partial charge in [0.05, 0.1) is 12.7 Å². The number of aryl methyl sites for hydroxylation is 1. The van der Waals surface area contributed by atoms with Gasteiger partial charge in [0.2, 0.25) is 0 Å². The number of nitrogens with zero attached hydrogens (tertiary/aromatic N) is 3. The smallest absolute Gasteiger partial charge is 0.272 e. The van der Waals surface area contributed by atoms with Crippen LogP contribution in [0.5, 0.6) is 5.75 Å². The lowest BCUT2D eigenvalue weighted by Gasteiger charge is -2.31. The second-order valence-electron chi connectivity index (χ2n) is 8.63. The Labute approximate surface area is 194 Å². The van der Waals surface area contributed by atoms with Gasteiger partial charge in [-0.05, 0) is 31.4 Å². The molecule has 2 amide bonds. The highest BCUT2D eigenvalue weighted by molar-refractivity contribution is 5.98. The summed E-state index contributed by atoms with van der Waals surface area (Å²) in [6, 6.07) is 15.4. The summed E-state index contributed by atoms with van der Waals surface area (Å²) in [5, 5.41) is 0. The number of rotatable bonds is 5. The highest BCUT2D eigenvalue weighted by Crippen LogP contribution is 2.32. The molecule has 2 heterocycles. The third-order valence-electron chi connectivity index (χ3n) is 6.20. The van der Waals surface area contributed by atoms with Crippen molar-refractivity contribution >= 4 is 11.8 Å². The fourth-order valence-corrected chi connectivity index (χ4v) is 4.39. The van der Waals surface area contributed by atoms with Crippen LogP contribution in [0.1, 0.15) is 51.0 Å². The lowest BCUT2D eigenvalue weighted by Crippen LogP contribution is -2.38. The molecule has 1 aromatic heterocycles. The van der Waals surface area contributed by atoms with E-state index in [1.165, 1.54) is 0 Å². The van der Waals surface area contributed by atoms with E-state index in [4.69, 9.17) is 9.72 Å². The third kappa shape index (κ3) is 4.49. The van der Waals surface area contributed by atoms with E-state index in [9.17, 15) is 9.59 Å². The van der Waals surface area contributed by atoms with Gasteiger partial charge >= 0.3 is 0 Å². The highest BCUT2D eigenvalue weighted by Gasteiger charge is 2.30. The van der Waals surface area contributed by atoms with Crippen molar-refractivity contribution in [2.24, 2.45) is 0 Å². The number of H-pyrrole nitrogens is 1. The van der Waals surface area contributed by atoms with Crippen LogP contribution in [0.25, 0.3) is 11.3 Å². The minimum absolute atomic E-state index is 0.0121. The number of carbonyl (C=O) groups excluding carboxylic acids is 2. The molecule has 1 N–H and O–H groups in total. The summed E-state index contributed by atoms with van der Waals surface area (Å²) in [6.45, 7) is 3.19. The summed E-state index contributed by atoms with van der Waals surface area (Å²) < 4.78 is 5.48. The molecule has 2 aromatic carbocycles. The Balaban J connectivity index is 1.54. The SMILES string of the molecule is COc1c(C)cccc1C(=O)N1CCC(c2nc(-c3ccccc3)c(C(=O)N(C)C)[nH]2)CC1. The van der Waals surface area contributed by atoms with E-state index >= 15 is 0 Å². The number of para-hydroxylation sites is 1. The molecule has 0 bridgehead atoms. The van der Waals surface area contributed by atoms with Crippen molar-refractivity contribution in [3.8, 4) is 17.0 Å². The maximum atomic E-state index is 13.2. The van der Waals surface area contributed by atoms with Gasteiger partial charge in [-0.2, -0.15) is 0 Å². The van der Waals surface area contributed by atoms with E-state index in [1.54, 1.807) is 26.1 Å². The lowest BCUT2D eigenvalue weighted by atomic mass is 9.95. The molecule has 0 aliphatic carbocycles. The molecule has 1 aliphatic rings. The molecule has 172 valence electrons. The number of benzene rings is 2. The zero-order chi connectivity index (χ0) is 23.5. The first-order valence-electron chi connectivity index (χ1n) is 11.2. The largest absolute Gasteiger partial charge is 0.496 e. The van der Waals surface area contributed by atoms with Crippen LogP contribution < -0.4 is 4.74 Å². The summed E-state index contributed by atoms with van der Waals surface area (Å²) in [5.74, 6) is 1.47. The number of imidazole rings is 1. The number of nitrogens with one attached hydrogen (secondary N) is 1. The summed E-state index contributed by atoms with van der Waals surface area (Å²) in [4.78, 5) is 37.6. The summed E-state index contributed by atoms with van der Waals surface area (Å²) in [6.07, 6.45) is 1.55. The number of piperidine rings is 1. The van der Waals surface area contributed by atoms with Crippen LogP contribution in [-0.4, -0.2) is 65.9 Å². The fourth-order valence-electron chi connectivity index (χ4n) is 4.39. The minimum atomic E-state index is -0.105. The number of hydrogen-bond donors (Lipinski definition) is 1. The van der Waals surface area contributed by atoms with Crippen LogP contribution in [0.4, 0.5) is 0 Å². The van der Waals surface area contributed by atoms with E-state index in [0.29, 0.717) is 35.8 Å². The third-order valence-corrected chi connectivity index (χ3v) is 6.20. The van der Waals surface area contributed by atoms with Gasteiger partial charge in [0, 0.05) is 38.7 Å². The predicted octanol–water partition coefficient (Wildman–Crippen LogP) is 4.12. The highest BCUT2D eigenvalue weighted by atomic mass is 16.5. The van der Waals surface area contributed by atoms with Gasteiger partial charge < -0.3 is 19.5 Å². The van der Waals surface area contributed by atoms with E-state index in [0.717, 1.165) is 29.8 Å². The quantitative estimate of drug-likeness (QED) is 0.640. The second-order valence-corrected chi connectivity index (χ2v) is 8.63. The lowest BCUT2D eigenvalue weighted by molar-refractivity contribution is 0.0707. The van der Waals surface area contributed by atoms with Crippen LogP contribution in [0, 0.1) is 6.92 Å². The summed E-state index contributed by atoms with van der Waals surface area (Å²) >= 11 is 0. The monoisotopic (exact) mass is 446 g/mol. The number of amides is 2. The Morgan fingerprint density at radius 1 is 1.06 bits per heavy atom. The fraction of sp³-hybridized carbons (Fsp3) is 0.346. The average molecular weight is 447 g/mol. The number of likely N-dealkylation sites (tertiary alicyclic amines) is 1. The molecule has 4 rings (SSSR count). The number of aromatic amines is 1. The zero-order valence-corrected chi connectivity index (χ0v) is 19.6. The molecular formula is C26H30N4O3. The van der Waals surface area contributed by atoms with Gasteiger partial charge in [-0.1, -0.05) is 42.5 Å². The first kappa shape index (κ1) is 22.6. The normalized spacial score (nSPS) is 14.2. The van der Waals surface area contributed by atoms with E-state index < -0.39 is 0 Å². The molecule has 7 heteroatoms. The van der Waals surface area contributed by atoms with Crippen LogP contribution in [0.2, 0.25) is 0 Å². The molecule has 1 fully saturated rings. The van der Waals surface area contributed by atoms with Crippen LogP contribution >= 0.6 is 0 Å². The molecule has 1 saturated heterocycles. The maximum absolute atomic E-state index is 13.2. The Morgan fingerprint density at radius 2 is 1.76 bits per heavy atom. The Morgan fingerprint density at radius 3 is 2.39 bits per heavy atom. The topological polar surface area (TPSA) is 78.5 Å². The molecule has 0 atom stereocenters. The Kier molecular flexibility index (Phi) is 6.49. The first-order valence-corrected chi connectivity index (χ1v) is 11.2. The van der Waals surface area contributed by atoms with Gasteiger partial charge in [0.15, 0.2) is 0 Å². The predicted molar refractivity (Wildman–Crippen MR) is 128 cm³/mol. The van der Waals surface area contributed by atoms with Crippen molar-refractivity contribution in [2.75, 3.05) is 34.3 Å². The van der Waals surface area contributed by atoms with Gasteiger partial charge in [-0.3, -0.25) is 9.59 Å². The second kappa shape index (κ2) is 9.48. The molecule has 0 unspecified atom stereocenters. The molecule has 0 radical (unpaired) electrons. The van der Waals surface area contributed by atoms with Crippen LogP contribution in [-0.2, 0) is 0 Å². The average Bonchev–Trinajstić information content (AvgIpc) is 3.29. The number of hydrogen-bond acceptors (Lipinski definition) is 4. The standard InChI is InChI=1S/C26H30N4O3/c1-17-9-8-12-20(23(17)33-4)25(31)30-15-13-19(14-16-30)24-27-21(18-10-6-5-7-11-18)22(28-24)26(32)29(2)3/h5-12,19H,13-16H2,1-4H3,(H,27,28). The zero-order valence-electron chi connectivity index (χ0n) is 19.6. The van der Waals surface area contributed by atoms with E-state index in [-0.39, 0.29) is 17.7 Å². The number of aromatic nitrogens is 2. The van der Waals surface area contributed by atoms with Crippen molar-refractivity contribution in [2.45, 2.75) is 25.7 Å². The Hall–Kier alpha value is -3.61. The van der Waals surface area contributed by atoms with Crippen molar-refractivity contribution in [3.05, 3.63) is 71.2 Å². The number of ether oxygens (including phenoxy) is 1. The minimum Gasteiger partial charge on any atom is -0.496 e.